The summed E-state index contributed by atoms with van der Waals surface area (Å²) in [5.74, 6) is 0.484. The molecule has 0 unspecified atom stereocenters. The summed E-state index contributed by atoms with van der Waals surface area (Å²) >= 11 is 6.11. The van der Waals surface area contributed by atoms with E-state index in [0.29, 0.717) is 16.5 Å². The van der Waals surface area contributed by atoms with Crippen LogP contribution in [0.15, 0.2) is 77.7 Å². The molecular weight excluding hydrogens is 382 g/mol. The van der Waals surface area contributed by atoms with Crippen LogP contribution in [0.4, 0.5) is 5.69 Å². The van der Waals surface area contributed by atoms with Crippen LogP contribution in [-0.2, 0) is 16.6 Å². The predicted octanol–water partition coefficient (Wildman–Crippen LogP) is 5.05. The van der Waals surface area contributed by atoms with Crippen LogP contribution in [0.25, 0.3) is 0 Å². The largest absolute Gasteiger partial charge is 0.497 e. The molecule has 0 N–H and O–H groups in total. The van der Waals surface area contributed by atoms with Gasteiger partial charge in [0.15, 0.2) is 0 Å². The highest BCUT2D eigenvalue weighted by molar-refractivity contribution is 7.92. The third kappa shape index (κ3) is 4.43. The maximum absolute atomic E-state index is 13.4. The fraction of sp³-hybridized carbons (Fsp3) is 0.143. The van der Waals surface area contributed by atoms with Crippen molar-refractivity contribution in [3.05, 3.63) is 88.9 Å². The van der Waals surface area contributed by atoms with Crippen molar-refractivity contribution in [2.24, 2.45) is 0 Å². The molecule has 0 saturated carbocycles. The maximum Gasteiger partial charge on any atom is 0.264 e. The molecule has 140 valence electrons. The molecule has 3 rings (SSSR count). The number of aryl methyl sites for hydroxylation is 1. The van der Waals surface area contributed by atoms with Crippen LogP contribution in [0.5, 0.6) is 5.75 Å². The van der Waals surface area contributed by atoms with E-state index >= 15 is 0 Å². The smallest absolute Gasteiger partial charge is 0.264 e. The third-order valence-corrected chi connectivity index (χ3v) is 6.18. The van der Waals surface area contributed by atoms with Gasteiger partial charge >= 0.3 is 0 Å². The van der Waals surface area contributed by atoms with Gasteiger partial charge in [-0.3, -0.25) is 4.31 Å². The summed E-state index contributed by atoms with van der Waals surface area (Å²) in [6.45, 7) is 2.19. The molecule has 3 aromatic rings. The Balaban J connectivity index is 2.08. The van der Waals surface area contributed by atoms with Crippen molar-refractivity contribution >= 4 is 27.3 Å². The second-order valence-corrected chi connectivity index (χ2v) is 8.45. The Kier molecular flexibility index (Phi) is 5.73. The highest BCUT2D eigenvalue weighted by atomic mass is 35.5. The van der Waals surface area contributed by atoms with Gasteiger partial charge in [-0.25, -0.2) is 8.42 Å². The lowest BCUT2D eigenvalue weighted by atomic mass is 10.1. The van der Waals surface area contributed by atoms with Gasteiger partial charge in [-0.15, -0.1) is 0 Å². The number of halogens is 1. The zero-order valence-corrected chi connectivity index (χ0v) is 16.7. The molecule has 6 heteroatoms. The lowest BCUT2D eigenvalue weighted by molar-refractivity contribution is 0.413. The molecule has 0 atom stereocenters. The van der Waals surface area contributed by atoms with Crippen LogP contribution >= 0.6 is 11.6 Å². The van der Waals surface area contributed by atoms with Crippen LogP contribution in [0.1, 0.15) is 11.1 Å². The highest BCUT2D eigenvalue weighted by Gasteiger charge is 2.26. The first-order valence-corrected chi connectivity index (χ1v) is 10.2. The maximum atomic E-state index is 13.4. The first-order valence-electron chi connectivity index (χ1n) is 8.38. The molecule has 0 bridgehead atoms. The monoisotopic (exact) mass is 401 g/mol. The number of rotatable bonds is 6. The number of benzene rings is 3. The Morgan fingerprint density at radius 3 is 2.33 bits per heavy atom. The number of ether oxygens (including phenoxy) is 1. The van der Waals surface area contributed by atoms with Gasteiger partial charge < -0.3 is 4.74 Å². The molecule has 0 fully saturated rings. The second-order valence-electron chi connectivity index (χ2n) is 6.16. The third-order valence-electron chi connectivity index (χ3n) is 4.17. The van der Waals surface area contributed by atoms with Crippen molar-refractivity contribution in [1.82, 2.24) is 0 Å². The first kappa shape index (κ1) is 19.3. The lowest BCUT2D eigenvalue weighted by Crippen LogP contribution is -2.30. The molecule has 0 heterocycles. The van der Waals surface area contributed by atoms with Crippen molar-refractivity contribution in [1.29, 1.82) is 0 Å². The van der Waals surface area contributed by atoms with E-state index in [1.165, 1.54) is 17.5 Å². The van der Waals surface area contributed by atoms with Gasteiger partial charge in [0.05, 0.1) is 24.2 Å². The number of nitrogens with zero attached hydrogens (tertiary/aromatic N) is 1. The first-order chi connectivity index (χ1) is 12.9. The standard InChI is InChI=1S/C21H20ClNO3S/c1-16-9-11-17(12-10-16)15-23(19-6-3-5-18(22)13-19)27(24,25)21-8-4-7-20(14-21)26-2/h3-14H,15H2,1-2H3. The molecule has 0 amide bonds. The fourth-order valence-corrected chi connectivity index (χ4v) is 4.36. The molecule has 4 nitrogen and oxygen atoms in total. The molecule has 0 spiro atoms. The Hall–Kier alpha value is -2.50. The predicted molar refractivity (Wildman–Crippen MR) is 109 cm³/mol. The molecular formula is C21H20ClNO3S. The van der Waals surface area contributed by atoms with Gasteiger partial charge in [0.2, 0.25) is 0 Å². The van der Waals surface area contributed by atoms with E-state index in [2.05, 4.69) is 0 Å². The highest BCUT2D eigenvalue weighted by Crippen LogP contribution is 2.29. The molecule has 3 aromatic carbocycles. The van der Waals surface area contributed by atoms with E-state index in [-0.39, 0.29) is 11.4 Å². The van der Waals surface area contributed by atoms with Gasteiger partial charge in [-0.2, -0.15) is 0 Å². The molecule has 0 aliphatic heterocycles. The van der Waals surface area contributed by atoms with Gasteiger partial charge in [-0.1, -0.05) is 53.6 Å². The second kappa shape index (κ2) is 8.03. The Morgan fingerprint density at radius 1 is 0.963 bits per heavy atom. The Labute approximate surface area is 165 Å². The Morgan fingerprint density at radius 2 is 1.67 bits per heavy atom. The summed E-state index contributed by atoms with van der Waals surface area (Å²) in [6, 6.07) is 21.1. The number of hydrogen-bond donors (Lipinski definition) is 0. The molecule has 0 aliphatic rings. The van der Waals surface area contributed by atoms with Gasteiger partial charge in [0, 0.05) is 11.1 Å². The quantitative estimate of drug-likeness (QED) is 0.580. The average Bonchev–Trinajstić information content (AvgIpc) is 2.67. The van der Waals surface area contributed by atoms with Gasteiger partial charge in [-0.05, 0) is 42.8 Å². The van der Waals surface area contributed by atoms with Crippen LogP contribution in [0.3, 0.4) is 0 Å². The van der Waals surface area contributed by atoms with Crippen LogP contribution in [0, 0.1) is 6.92 Å². The topological polar surface area (TPSA) is 46.6 Å². The molecule has 0 radical (unpaired) electrons. The van der Waals surface area contributed by atoms with Gasteiger partial charge in [0.1, 0.15) is 5.75 Å². The van der Waals surface area contributed by atoms with Crippen molar-refractivity contribution in [3.8, 4) is 5.75 Å². The summed E-state index contributed by atoms with van der Waals surface area (Å²) in [5.41, 5.74) is 2.50. The number of anilines is 1. The van der Waals surface area contributed by atoms with Crippen LogP contribution in [0.2, 0.25) is 5.02 Å². The van der Waals surface area contributed by atoms with Crippen molar-refractivity contribution in [2.45, 2.75) is 18.4 Å². The number of sulfonamides is 1. The minimum atomic E-state index is -3.82. The van der Waals surface area contributed by atoms with Crippen molar-refractivity contribution in [2.75, 3.05) is 11.4 Å². The fourth-order valence-electron chi connectivity index (χ4n) is 2.69. The SMILES string of the molecule is COc1cccc(S(=O)(=O)N(Cc2ccc(C)cc2)c2cccc(Cl)c2)c1. The van der Waals surface area contributed by atoms with Gasteiger partial charge in [0.25, 0.3) is 10.0 Å². The van der Waals surface area contributed by atoms with E-state index in [0.717, 1.165) is 11.1 Å². The Bertz CT molecular complexity index is 1030. The van der Waals surface area contributed by atoms with Crippen molar-refractivity contribution < 1.29 is 13.2 Å². The van der Waals surface area contributed by atoms with E-state index in [1.807, 2.05) is 31.2 Å². The average molecular weight is 402 g/mol. The molecule has 27 heavy (non-hydrogen) atoms. The summed E-state index contributed by atoms with van der Waals surface area (Å²) in [5, 5.41) is 0.474. The minimum absolute atomic E-state index is 0.161. The normalized spacial score (nSPS) is 11.2. The van der Waals surface area contributed by atoms with Crippen molar-refractivity contribution in [3.63, 3.8) is 0 Å². The van der Waals surface area contributed by atoms with E-state index in [1.54, 1.807) is 42.5 Å². The molecule has 0 saturated heterocycles. The van der Waals surface area contributed by atoms with E-state index in [9.17, 15) is 8.42 Å². The van der Waals surface area contributed by atoms with E-state index in [4.69, 9.17) is 16.3 Å². The van der Waals surface area contributed by atoms with Crippen LogP contribution < -0.4 is 9.04 Å². The lowest BCUT2D eigenvalue weighted by Gasteiger charge is -2.25. The number of hydrogen-bond acceptors (Lipinski definition) is 3. The summed E-state index contributed by atoms with van der Waals surface area (Å²) in [6.07, 6.45) is 0. The summed E-state index contributed by atoms with van der Waals surface area (Å²) in [7, 11) is -2.31. The summed E-state index contributed by atoms with van der Waals surface area (Å²) < 4.78 is 33.4. The van der Waals surface area contributed by atoms with Crippen LogP contribution in [-0.4, -0.2) is 15.5 Å². The van der Waals surface area contributed by atoms with E-state index < -0.39 is 10.0 Å². The summed E-state index contributed by atoms with van der Waals surface area (Å²) in [4.78, 5) is 0.161. The number of methoxy groups -OCH3 is 1. The minimum Gasteiger partial charge on any atom is -0.497 e. The molecule has 0 aliphatic carbocycles. The zero-order valence-electron chi connectivity index (χ0n) is 15.1. The molecule has 0 aromatic heterocycles. The zero-order chi connectivity index (χ0) is 19.4.